The Kier molecular flexibility index (Phi) is 12.2. The Labute approximate surface area is 270 Å². The number of nitrogens with zero attached hydrogens (tertiary/aromatic N) is 3. The summed E-state index contributed by atoms with van der Waals surface area (Å²) < 4.78 is 13.8. The number of rotatable bonds is 9. The molecule has 234 valence electrons. The zero-order chi connectivity index (χ0) is 32.2. The average molecular weight is 645 g/mol. The topological polar surface area (TPSA) is 134 Å². The Balaban J connectivity index is 0.000000189. The Morgan fingerprint density at radius 1 is 0.756 bits per heavy atom. The van der Waals surface area contributed by atoms with Crippen LogP contribution in [0.3, 0.4) is 0 Å². The number of aliphatic hydroxyl groups excluding tert-OH is 1. The predicted molar refractivity (Wildman–Crippen MR) is 186 cm³/mol. The molecule has 0 saturated carbocycles. The van der Waals surface area contributed by atoms with Crippen molar-refractivity contribution in [3.8, 4) is 32.6 Å². The maximum atomic E-state index is 11.0. The molecule has 0 unspecified atom stereocenters. The number of nitrogens with two attached hydrogens (primary N) is 1. The van der Waals surface area contributed by atoms with Gasteiger partial charge in [0.2, 0.25) is 0 Å². The number of non-ortho nitro benzene ring substituents is 1. The van der Waals surface area contributed by atoms with Gasteiger partial charge in [-0.3, -0.25) is 10.1 Å². The number of nitro benzene ring substituents is 1. The lowest BCUT2D eigenvalue weighted by atomic mass is 10.2. The first kappa shape index (κ1) is 33.3. The minimum atomic E-state index is -0.416. The maximum absolute atomic E-state index is 11.0. The summed E-state index contributed by atoms with van der Waals surface area (Å²) in [5.41, 5.74) is 10.3. The minimum absolute atomic E-state index is 0.0240. The first-order valence-corrected chi connectivity index (χ1v) is 16.3. The van der Waals surface area contributed by atoms with Gasteiger partial charge >= 0.3 is 0 Å². The number of para-hydroxylation sites is 2. The highest BCUT2D eigenvalue weighted by molar-refractivity contribution is 7.22. The Hall–Kier alpha value is -4.58. The number of aromatic nitrogens is 2. The van der Waals surface area contributed by atoms with E-state index in [9.17, 15) is 10.1 Å². The standard InChI is InChI=1S/C16H14N2O3S.C16H16N2OS.C2H6O/c1-2-9-21-14-10-11(18(19)20)7-8-12(14)16-17-13-5-3-4-6-15(13)22-16;1-2-9-19-14-10-11(17)7-8-12(14)16-18-13-5-3-4-6-15(13)20-16;1-2-3/h3-8,10H,2,9H2,1H3;3-8,10H,2,9,17H2,1H3;3H,2H2,1H3. The van der Waals surface area contributed by atoms with Crippen LogP contribution in [0.5, 0.6) is 11.5 Å². The lowest BCUT2D eigenvalue weighted by Crippen LogP contribution is -1.98. The fraction of sp³-hybridized carbons (Fsp3) is 0.235. The molecule has 2 aromatic heterocycles. The molecule has 6 rings (SSSR count). The van der Waals surface area contributed by atoms with Gasteiger partial charge in [-0.15, -0.1) is 22.7 Å². The summed E-state index contributed by atoms with van der Waals surface area (Å²) in [7, 11) is 0. The molecular formula is C34H36N4O5S2. The van der Waals surface area contributed by atoms with E-state index < -0.39 is 4.92 Å². The third kappa shape index (κ3) is 8.75. The fourth-order valence-corrected chi connectivity index (χ4v) is 6.15. The number of nitrogen functional groups attached to an aromatic ring is 1. The number of fused-ring (bicyclic) bond motifs is 2. The molecule has 0 bridgehead atoms. The quantitative estimate of drug-likeness (QED) is 0.0905. The second-order valence-corrected chi connectivity index (χ2v) is 11.7. The Bertz CT molecular complexity index is 1790. The van der Waals surface area contributed by atoms with Crippen molar-refractivity contribution < 1.29 is 19.5 Å². The second-order valence-electron chi connectivity index (χ2n) is 9.68. The first-order valence-electron chi connectivity index (χ1n) is 14.6. The molecule has 0 saturated heterocycles. The third-order valence-electron chi connectivity index (χ3n) is 6.15. The number of ether oxygens (including phenoxy) is 2. The van der Waals surface area contributed by atoms with E-state index in [2.05, 4.69) is 23.0 Å². The first-order chi connectivity index (χ1) is 21.9. The van der Waals surface area contributed by atoms with Crippen molar-refractivity contribution in [3.63, 3.8) is 0 Å². The van der Waals surface area contributed by atoms with Crippen LogP contribution in [0.25, 0.3) is 41.6 Å². The molecule has 3 N–H and O–H groups in total. The summed E-state index contributed by atoms with van der Waals surface area (Å²) in [4.78, 5) is 19.8. The maximum Gasteiger partial charge on any atom is 0.273 e. The summed E-state index contributed by atoms with van der Waals surface area (Å²) in [6.45, 7) is 7.21. The molecule has 0 aliphatic rings. The summed E-state index contributed by atoms with van der Waals surface area (Å²) in [6.07, 6.45) is 1.80. The fourth-order valence-electron chi connectivity index (χ4n) is 4.15. The van der Waals surface area contributed by atoms with Gasteiger partial charge in [-0.25, -0.2) is 9.97 Å². The second kappa shape index (κ2) is 16.5. The molecule has 9 nitrogen and oxygen atoms in total. The van der Waals surface area contributed by atoms with Gasteiger partial charge < -0.3 is 20.3 Å². The Morgan fingerprint density at radius 3 is 1.69 bits per heavy atom. The van der Waals surface area contributed by atoms with Gasteiger partial charge in [-0.05, 0) is 62.2 Å². The van der Waals surface area contributed by atoms with Gasteiger partial charge in [0.05, 0.1) is 55.8 Å². The molecule has 11 heteroatoms. The average Bonchev–Trinajstić information content (AvgIpc) is 3.68. The largest absolute Gasteiger partial charge is 0.493 e. The van der Waals surface area contributed by atoms with Crippen molar-refractivity contribution in [3.05, 3.63) is 95.0 Å². The Morgan fingerprint density at radius 2 is 1.22 bits per heavy atom. The zero-order valence-corrected chi connectivity index (χ0v) is 27.1. The predicted octanol–water partition coefficient (Wildman–Crippen LogP) is 8.99. The number of hydrogen-bond acceptors (Lipinski definition) is 10. The smallest absolute Gasteiger partial charge is 0.273 e. The number of thiazole rings is 2. The van der Waals surface area contributed by atoms with E-state index in [-0.39, 0.29) is 12.3 Å². The number of aliphatic hydroxyl groups is 1. The third-order valence-corrected chi connectivity index (χ3v) is 8.29. The molecule has 45 heavy (non-hydrogen) atoms. The monoisotopic (exact) mass is 644 g/mol. The van der Waals surface area contributed by atoms with Gasteiger partial charge in [0, 0.05) is 24.4 Å². The molecule has 0 aliphatic heterocycles. The van der Waals surface area contributed by atoms with Crippen molar-refractivity contribution in [2.45, 2.75) is 33.6 Å². The normalized spacial score (nSPS) is 10.5. The number of nitro groups is 1. The molecule has 0 fully saturated rings. The van der Waals surface area contributed by atoms with Crippen molar-refractivity contribution in [2.24, 2.45) is 0 Å². The van der Waals surface area contributed by atoms with Crippen LogP contribution < -0.4 is 15.2 Å². The lowest BCUT2D eigenvalue weighted by molar-refractivity contribution is -0.384. The molecule has 0 radical (unpaired) electrons. The highest BCUT2D eigenvalue weighted by Crippen LogP contribution is 2.38. The van der Waals surface area contributed by atoms with Crippen LogP contribution in [-0.4, -0.2) is 39.8 Å². The van der Waals surface area contributed by atoms with E-state index in [1.165, 1.54) is 16.8 Å². The molecular weight excluding hydrogens is 609 g/mol. The molecule has 0 amide bonds. The molecule has 2 heterocycles. The van der Waals surface area contributed by atoms with E-state index >= 15 is 0 Å². The number of hydrogen-bond donors (Lipinski definition) is 2. The minimum Gasteiger partial charge on any atom is -0.493 e. The van der Waals surface area contributed by atoms with Crippen LogP contribution in [0.1, 0.15) is 33.6 Å². The van der Waals surface area contributed by atoms with Crippen molar-refractivity contribution in [1.29, 1.82) is 0 Å². The van der Waals surface area contributed by atoms with Gasteiger partial charge in [-0.1, -0.05) is 38.1 Å². The van der Waals surface area contributed by atoms with Crippen LogP contribution in [0, 0.1) is 10.1 Å². The van der Waals surface area contributed by atoms with E-state index in [1.807, 2.05) is 67.6 Å². The molecule has 0 aliphatic carbocycles. The summed E-state index contributed by atoms with van der Waals surface area (Å²) >= 11 is 3.22. The van der Waals surface area contributed by atoms with Crippen LogP contribution in [0.4, 0.5) is 11.4 Å². The van der Waals surface area contributed by atoms with Crippen LogP contribution in [-0.2, 0) is 0 Å². The van der Waals surface area contributed by atoms with E-state index in [0.29, 0.717) is 24.7 Å². The summed E-state index contributed by atoms with van der Waals surface area (Å²) in [6, 6.07) is 26.4. The SMILES string of the molecule is CCCOc1cc(N)ccc1-c1nc2ccccc2s1.CCCOc1cc([N+](=O)[O-])ccc1-c1nc2ccccc2s1.CCO. The van der Waals surface area contributed by atoms with E-state index in [4.69, 9.17) is 20.3 Å². The lowest BCUT2D eigenvalue weighted by Gasteiger charge is -2.09. The zero-order valence-electron chi connectivity index (χ0n) is 25.4. The van der Waals surface area contributed by atoms with Crippen molar-refractivity contribution >= 4 is 54.5 Å². The van der Waals surface area contributed by atoms with Gasteiger partial charge in [0.25, 0.3) is 5.69 Å². The van der Waals surface area contributed by atoms with E-state index in [0.717, 1.165) is 55.5 Å². The molecule has 6 aromatic rings. The van der Waals surface area contributed by atoms with Crippen molar-refractivity contribution in [1.82, 2.24) is 9.97 Å². The highest BCUT2D eigenvalue weighted by Gasteiger charge is 2.16. The molecule has 4 aromatic carbocycles. The van der Waals surface area contributed by atoms with E-state index in [1.54, 1.807) is 35.7 Å². The number of anilines is 1. The molecule has 0 atom stereocenters. The van der Waals surface area contributed by atoms with Gasteiger partial charge in [0.15, 0.2) is 0 Å². The summed E-state index contributed by atoms with van der Waals surface area (Å²) in [5.74, 6) is 1.32. The van der Waals surface area contributed by atoms with Gasteiger partial charge in [-0.2, -0.15) is 0 Å². The molecule has 0 spiro atoms. The van der Waals surface area contributed by atoms with Crippen LogP contribution in [0.2, 0.25) is 0 Å². The van der Waals surface area contributed by atoms with Crippen molar-refractivity contribution in [2.75, 3.05) is 25.6 Å². The summed E-state index contributed by atoms with van der Waals surface area (Å²) in [5, 5.41) is 20.3. The number of benzene rings is 4. The van der Waals surface area contributed by atoms with Crippen LogP contribution in [0.15, 0.2) is 84.9 Å². The van der Waals surface area contributed by atoms with Gasteiger partial charge in [0.1, 0.15) is 21.5 Å². The highest BCUT2D eigenvalue weighted by atomic mass is 32.1. The van der Waals surface area contributed by atoms with Crippen LogP contribution >= 0.6 is 22.7 Å².